The summed E-state index contributed by atoms with van der Waals surface area (Å²) in [6.45, 7) is 4.56. The number of carboxylic acids is 1. The molecule has 2 aromatic carbocycles. The number of unbranched alkanes of at least 4 members (excludes halogenated alkanes) is 2. The minimum Gasteiger partial charge on any atom is -0.481 e. The Kier molecular flexibility index (Phi) is 9.00. The number of nitrogens with zero attached hydrogens (tertiary/aromatic N) is 1. The fourth-order valence-electron chi connectivity index (χ4n) is 4.22. The topological polar surface area (TPSA) is 66.8 Å². The van der Waals surface area contributed by atoms with Gasteiger partial charge in [0.05, 0.1) is 18.6 Å². The van der Waals surface area contributed by atoms with Gasteiger partial charge in [0.25, 0.3) is 0 Å². The minimum atomic E-state index is -0.715. The SMILES string of the molecule is CCC(CCCCCC(=O)c1ccc(-c2ccc(C3CN(C)CCO3)cc2)cc1)C(=O)O. The van der Waals surface area contributed by atoms with Crippen molar-refractivity contribution in [1.82, 2.24) is 4.90 Å². The van der Waals surface area contributed by atoms with Crippen molar-refractivity contribution in [2.45, 2.75) is 51.6 Å². The number of ether oxygens (including phenoxy) is 1. The van der Waals surface area contributed by atoms with Crippen LogP contribution in [0.2, 0.25) is 0 Å². The van der Waals surface area contributed by atoms with E-state index in [1.54, 1.807) is 0 Å². The zero-order valence-corrected chi connectivity index (χ0v) is 19.3. The van der Waals surface area contributed by atoms with Crippen molar-refractivity contribution in [3.63, 3.8) is 0 Å². The first-order chi connectivity index (χ1) is 15.5. The summed E-state index contributed by atoms with van der Waals surface area (Å²) in [6, 6.07) is 16.3. The third-order valence-electron chi connectivity index (χ3n) is 6.39. The van der Waals surface area contributed by atoms with Crippen LogP contribution in [0.25, 0.3) is 11.1 Å². The molecule has 0 spiro atoms. The molecule has 0 aromatic heterocycles. The van der Waals surface area contributed by atoms with Gasteiger partial charge in [0.15, 0.2) is 5.78 Å². The lowest BCUT2D eigenvalue weighted by molar-refractivity contribution is -0.142. The summed E-state index contributed by atoms with van der Waals surface area (Å²) in [5, 5.41) is 9.09. The van der Waals surface area contributed by atoms with Crippen LogP contribution in [0, 0.1) is 5.92 Å². The molecule has 2 atom stereocenters. The number of carbonyl (C=O) groups excluding carboxylic acids is 1. The van der Waals surface area contributed by atoms with Gasteiger partial charge in [-0.1, -0.05) is 68.3 Å². The Morgan fingerprint density at radius 3 is 2.28 bits per heavy atom. The summed E-state index contributed by atoms with van der Waals surface area (Å²) in [5.74, 6) is -0.826. The lowest BCUT2D eigenvalue weighted by Crippen LogP contribution is -2.35. The van der Waals surface area contributed by atoms with E-state index in [9.17, 15) is 9.59 Å². The number of Topliss-reactive ketones (excluding diaryl/α,β-unsaturated/α-hetero) is 1. The zero-order chi connectivity index (χ0) is 22.9. The average molecular weight is 438 g/mol. The molecular formula is C27H35NO4. The minimum absolute atomic E-state index is 0.125. The van der Waals surface area contributed by atoms with Crippen LogP contribution in [0.4, 0.5) is 0 Å². The molecule has 1 heterocycles. The lowest BCUT2D eigenvalue weighted by Gasteiger charge is -2.30. The van der Waals surface area contributed by atoms with Gasteiger partial charge in [0.2, 0.25) is 0 Å². The van der Waals surface area contributed by atoms with Gasteiger partial charge in [0.1, 0.15) is 0 Å². The number of hydrogen-bond donors (Lipinski definition) is 1. The van der Waals surface area contributed by atoms with Gasteiger partial charge >= 0.3 is 5.97 Å². The summed E-state index contributed by atoms with van der Waals surface area (Å²) in [7, 11) is 2.12. The molecule has 5 heteroatoms. The normalized spacial score (nSPS) is 17.8. The number of aliphatic carboxylic acids is 1. The number of likely N-dealkylation sites (N-methyl/N-ethyl adjacent to an activating group) is 1. The van der Waals surface area contributed by atoms with Crippen LogP contribution in [0.1, 0.15) is 67.5 Å². The Morgan fingerprint density at radius 1 is 1.03 bits per heavy atom. The molecular weight excluding hydrogens is 402 g/mol. The Bertz CT molecular complexity index is 876. The van der Waals surface area contributed by atoms with Crippen LogP contribution >= 0.6 is 0 Å². The molecule has 2 aromatic rings. The molecule has 1 saturated heterocycles. The van der Waals surface area contributed by atoms with Crippen LogP contribution in [-0.2, 0) is 9.53 Å². The van der Waals surface area contributed by atoms with E-state index in [0.717, 1.165) is 55.6 Å². The summed E-state index contributed by atoms with van der Waals surface area (Å²) in [6.07, 6.45) is 4.53. The van der Waals surface area contributed by atoms with Gasteiger partial charge in [-0.25, -0.2) is 0 Å². The summed E-state index contributed by atoms with van der Waals surface area (Å²) in [4.78, 5) is 25.8. The Morgan fingerprint density at radius 2 is 1.69 bits per heavy atom. The maximum atomic E-state index is 12.5. The highest BCUT2D eigenvalue weighted by Crippen LogP contribution is 2.26. The molecule has 0 saturated carbocycles. The van der Waals surface area contributed by atoms with Crippen LogP contribution < -0.4 is 0 Å². The van der Waals surface area contributed by atoms with Crippen molar-refractivity contribution in [3.05, 3.63) is 59.7 Å². The van der Waals surface area contributed by atoms with Crippen molar-refractivity contribution in [1.29, 1.82) is 0 Å². The van der Waals surface area contributed by atoms with Gasteiger partial charge < -0.3 is 14.7 Å². The van der Waals surface area contributed by atoms with Crippen molar-refractivity contribution >= 4 is 11.8 Å². The number of rotatable bonds is 11. The second kappa shape index (κ2) is 11.9. The number of morpholine rings is 1. The van der Waals surface area contributed by atoms with Crippen LogP contribution in [-0.4, -0.2) is 48.5 Å². The van der Waals surface area contributed by atoms with E-state index in [1.807, 2.05) is 31.2 Å². The van der Waals surface area contributed by atoms with Crippen LogP contribution in [0.15, 0.2) is 48.5 Å². The molecule has 0 amide bonds. The molecule has 3 rings (SSSR count). The molecule has 1 aliphatic rings. The van der Waals surface area contributed by atoms with Crippen molar-refractivity contribution in [2.75, 3.05) is 26.7 Å². The molecule has 0 radical (unpaired) electrons. The number of hydrogen-bond acceptors (Lipinski definition) is 4. The first-order valence-corrected chi connectivity index (χ1v) is 11.7. The Labute approximate surface area is 191 Å². The van der Waals surface area contributed by atoms with Gasteiger partial charge in [-0.05, 0) is 43.0 Å². The third-order valence-corrected chi connectivity index (χ3v) is 6.39. The van der Waals surface area contributed by atoms with E-state index in [0.29, 0.717) is 19.3 Å². The molecule has 2 unspecified atom stereocenters. The molecule has 0 bridgehead atoms. The second-order valence-corrected chi connectivity index (χ2v) is 8.79. The Hall–Kier alpha value is -2.50. The highest BCUT2D eigenvalue weighted by atomic mass is 16.5. The van der Waals surface area contributed by atoms with Gasteiger partial charge in [-0.15, -0.1) is 0 Å². The highest BCUT2D eigenvalue weighted by molar-refractivity contribution is 5.96. The summed E-state index contributed by atoms with van der Waals surface area (Å²) in [5.41, 5.74) is 4.15. The smallest absolute Gasteiger partial charge is 0.306 e. The molecule has 5 nitrogen and oxygen atoms in total. The van der Waals surface area contributed by atoms with Crippen molar-refractivity contribution in [3.8, 4) is 11.1 Å². The van der Waals surface area contributed by atoms with Gasteiger partial charge in [-0.3, -0.25) is 9.59 Å². The van der Waals surface area contributed by atoms with Gasteiger partial charge in [-0.2, -0.15) is 0 Å². The highest BCUT2D eigenvalue weighted by Gasteiger charge is 2.19. The fraction of sp³-hybridized carbons (Fsp3) is 0.481. The van der Waals surface area contributed by atoms with E-state index in [4.69, 9.17) is 9.84 Å². The number of carbonyl (C=O) groups is 2. The number of carboxylic acid groups (broad SMARTS) is 1. The fourth-order valence-corrected chi connectivity index (χ4v) is 4.22. The zero-order valence-electron chi connectivity index (χ0n) is 19.3. The third kappa shape index (κ3) is 6.75. The van der Waals surface area contributed by atoms with Gasteiger partial charge in [0, 0.05) is 25.1 Å². The molecule has 1 N–H and O–H groups in total. The molecule has 172 valence electrons. The average Bonchev–Trinajstić information content (AvgIpc) is 2.81. The first kappa shape index (κ1) is 24.1. The van der Waals surface area contributed by atoms with E-state index < -0.39 is 5.97 Å². The van der Waals surface area contributed by atoms with Crippen molar-refractivity contribution < 1.29 is 19.4 Å². The number of benzene rings is 2. The molecule has 1 fully saturated rings. The van der Waals surface area contributed by atoms with Crippen LogP contribution in [0.5, 0.6) is 0 Å². The predicted octanol–water partition coefficient (Wildman–Crippen LogP) is 5.60. The summed E-state index contributed by atoms with van der Waals surface area (Å²) < 4.78 is 5.89. The Balaban J connectivity index is 1.48. The standard InChI is InChI=1S/C27H35NO4/c1-3-20(27(30)31)7-5-4-6-8-25(29)23-13-9-21(10-14-23)22-11-15-24(16-12-22)26-19-28(2)17-18-32-26/h9-16,20,26H,3-8,17-19H2,1-2H3,(H,30,31). The van der Waals surface area contributed by atoms with E-state index in [1.165, 1.54) is 5.56 Å². The number of ketones is 1. The summed E-state index contributed by atoms with van der Waals surface area (Å²) >= 11 is 0. The van der Waals surface area contributed by atoms with Crippen molar-refractivity contribution in [2.24, 2.45) is 5.92 Å². The predicted molar refractivity (Wildman–Crippen MR) is 127 cm³/mol. The van der Waals surface area contributed by atoms with E-state index in [2.05, 4.69) is 36.2 Å². The lowest BCUT2D eigenvalue weighted by atomic mass is 9.96. The largest absolute Gasteiger partial charge is 0.481 e. The molecule has 0 aliphatic carbocycles. The van der Waals surface area contributed by atoms with E-state index in [-0.39, 0.29) is 17.8 Å². The monoisotopic (exact) mass is 437 g/mol. The second-order valence-electron chi connectivity index (χ2n) is 8.79. The molecule has 32 heavy (non-hydrogen) atoms. The quantitative estimate of drug-likeness (QED) is 0.366. The maximum absolute atomic E-state index is 12.5. The van der Waals surface area contributed by atoms with E-state index >= 15 is 0 Å². The molecule has 1 aliphatic heterocycles. The van der Waals surface area contributed by atoms with Crippen LogP contribution in [0.3, 0.4) is 0 Å². The maximum Gasteiger partial charge on any atom is 0.306 e. The first-order valence-electron chi connectivity index (χ1n) is 11.7.